The summed E-state index contributed by atoms with van der Waals surface area (Å²) >= 11 is 7.55. The lowest BCUT2D eigenvalue weighted by molar-refractivity contribution is 0.290. The van der Waals surface area contributed by atoms with Crippen molar-refractivity contribution in [3.8, 4) is 22.6 Å². The van der Waals surface area contributed by atoms with E-state index in [-0.39, 0.29) is 8.65 Å². The van der Waals surface area contributed by atoms with Crippen molar-refractivity contribution in [3.63, 3.8) is 0 Å². The molecule has 6 heteroatoms. The molecule has 202 valence electrons. The van der Waals surface area contributed by atoms with Gasteiger partial charge in [0, 0.05) is 32.9 Å². The van der Waals surface area contributed by atoms with Crippen molar-refractivity contribution >= 4 is 31.9 Å². The van der Waals surface area contributed by atoms with Crippen LogP contribution >= 0.6 is 31.9 Å². The molecule has 0 saturated carbocycles. The van der Waals surface area contributed by atoms with Crippen molar-refractivity contribution in [3.05, 3.63) is 46.5 Å². The summed E-state index contributed by atoms with van der Waals surface area (Å²) in [5, 5.41) is 22.5. The van der Waals surface area contributed by atoms with E-state index in [0.717, 1.165) is 59.6 Å². The molecule has 2 aromatic rings. The molecule has 0 aromatic heterocycles. The average molecular weight is 627 g/mol. The van der Waals surface area contributed by atoms with E-state index in [0.29, 0.717) is 37.4 Å². The van der Waals surface area contributed by atoms with Crippen LogP contribution in [0.15, 0.2) is 24.3 Å². The zero-order chi connectivity index (χ0) is 27.3. The highest BCUT2D eigenvalue weighted by atomic mass is 79.9. The van der Waals surface area contributed by atoms with Crippen LogP contribution < -0.4 is 0 Å². The van der Waals surface area contributed by atoms with Gasteiger partial charge in [-0.1, -0.05) is 59.6 Å². The van der Waals surface area contributed by atoms with Gasteiger partial charge in [0.15, 0.2) is 0 Å². The lowest BCUT2D eigenvalue weighted by Crippen LogP contribution is -2.23. The van der Waals surface area contributed by atoms with Gasteiger partial charge in [0.1, 0.15) is 11.5 Å². The minimum absolute atomic E-state index is 0.135. The van der Waals surface area contributed by atoms with Crippen LogP contribution in [0.3, 0.4) is 0 Å². The minimum atomic E-state index is -0.135. The fourth-order valence-corrected chi connectivity index (χ4v) is 5.25. The number of alkyl halides is 2. The molecular formula is C30H46Br2N2O2. The van der Waals surface area contributed by atoms with Crippen molar-refractivity contribution in [2.75, 3.05) is 26.2 Å². The van der Waals surface area contributed by atoms with Gasteiger partial charge in [0.05, 0.1) is 0 Å². The molecule has 0 aliphatic rings. The van der Waals surface area contributed by atoms with Gasteiger partial charge in [-0.05, 0) is 113 Å². The fourth-order valence-electron chi connectivity index (χ4n) is 4.65. The molecule has 4 nitrogen and oxygen atoms in total. The van der Waals surface area contributed by atoms with Gasteiger partial charge in [-0.25, -0.2) is 0 Å². The Morgan fingerprint density at radius 1 is 0.583 bits per heavy atom. The average Bonchev–Trinajstić information content (AvgIpc) is 2.78. The topological polar surface area (TPSA) is 46.9 Å². The Morgan fingerprint density at radius 2 is 0.861 bits per heavy atom. The summed E-state index contributed by atoms with van der Waals surface area (Å²) in [6, 6.07) is 8.52. The highest BCUT2D eigenvalue weighted by Gasteiger charge is 2.23. The van der Waals surface area contributed by atoms with Gasteiger partial charge < -0.3 is 10.2 Å². The quantitative estimate of drug-likeness (QED) is 0.222. The molecule has 2 aromatic carbocycles. The Labute approximate surface area is 236 Å². The number of hydrogen-bond acceptors (Lipinski definition) is 4. The molecule has 0 heterocycles. The predicted molar refractivity (Wildman–Crippen MR) is 162 cm³/mol. The highest BCUT2D eigenvalue weighted by Crippen LogP contribution is 2.39. The molecule has 0 aliphatic carbocycles. The number of phenols is 2. The molecule has 0 radical (unpaired) electrons. The van der Waals surface area contributed by atoms with Crippen LogP contribution in [0.2, 0.25) is 0 Å². The van der Waals surface area contributed by atoms with Crippen molar-refractivity contribution < 1.29 is 10.2 Å². The molecule has 0 fully saturated rings. The Hall–Kier alpha value is -1.08. The molecule has 0 saturated heterocycles. The molecular weight excluding hydrogens is 580 g/mol. The Balaban J connectivity index is 2.75. The van der Waals surface area contributed by atoms with Crippen molar-refractivity contribution in [1.82, 2.24) is 9.80 Å². The third-order valence-electron chi connectivity index (χ3n) is 6.67. The second-order valence-electron chi connectivity index (χ2n) is 11.0. The number of nitrogens with zero attached hydrogens (tertiary/aromatic N) is 2. The molecule has 36 heavy (non-hydrogen) atoms. The van der Waals surface area contributed by atoms with E-state index in [4.69, 9.17) is 0 Å². The van der Waals surface area contributed by atoms with Gasteiger partial charge in [-0.2, -0.15) is 0 Å². The first kappa shape index (κ1) is 31.1. The standard InChI is InChI=1S/C30H46Br2N2O2/c1-9-33(10-2)19-25-15-21(13-23(27(25)35)17-29(5,6)31)22-14-24(18-30(7,8)32)28(36)26(16-22)20-34(11-3)12-4/h13-16,35-36H,9-12,17-20H2,1-8H3. The van der Waals surface area contributed by atoms with Crippen LogP contribution in [0.5, 0.6) is 11.5 Å². The lowest BCUT2D eigenvalue weighted by Gasteiger charge is -2.25. The maximum atomic E-state index is 11.3. The molecule has 0 spiro atoms. The van der Waals surface area contributed by atoms with E-state index in [1.165, 1.54) is 0 Å². The summed E-state index contributed by atoms with van der Waals surface area (Å²) in [6.07, 6.45) is 1.42. The van der Waals surface area contributed by atoms with Crippen LogP contribution in [-0.2, 0) is 25.9 Å². The molecule has 0 aliphatic heterocycles. The van der Waals surface area contributed by atoms with Gasteiger partial charge in [-0.15, -0.1) is 0 Å². The summed E-state index contributed by atoms with van der Waals surface area (Å²) in [6.45, 7) is 22.2. The number of hydrogen-bond donors (Lipinski definition) is 2. The van der Waals surface area contributed by atoms with Crippen LogP contribution in [0.4, 0.5) is 0 Å². The Bertz CT molecular complexity index is 920. The first-order valence-corrected chi connectivity index (χ1v) is 14.8. The van der Waals surface area contributed by atoms with Crippen LogP contribution in [-0.4, -0.2) is 54.8 Å². The van der Waals surface area contributed by atoms with Crippen LogP contribution in [0.25, 0.3) is 11.1 Å². The zero-order valence-electron chi connectivity index (χ0n) is 23.5. The van der Waals surface area contributed by atoms with E-state index in [1.807, 2.05) is 0 Å². The number of halogens is 2. The summed E-state index contributed by atoms with van der Waals surface area (Å²) in [7, 11) is 0. The smallest absolute Gasteiger partial charge is 0.123 e. The lowest BCUT2D eigenvalue weighted by atomic mass is 9.90. The predicted octanol–water partition coefficient (Wildman–Crippen LogP) is 7.88. The highest BCUT2D eigenvalue weighted by molar-refractivity contribution is 9.10. The number of aromatic hydroxyl groups is 2. The second kappa shape index (κ2) is 13.1. The Morgan fingerprint density at radius 3 is 1.11 bits per heavy atom. The monoisotopic (exact) mass is 624 g/mol. The molecule has 0 bridgehead atoms. The normalized spacial score (nSPS) is 12.7. The van der Waals surface area contributed by atoms with E-state index >= 15 is 0 Å². The maximum absolute atomic E-state index is 11.3. The number of benzene rings is 2. The molecule has 2 N–H and O–H groups in total. The number of rotatable bonds is 13. The van der Waals surface area contributed by atoms with E-state index in [9.17, 15) is 10.2 Å². The molecule has 0 unspecified atom stereocenters. The van der Waals surface area contributed by atoms with Gasteiger partial charge >= 0.3 is 0 Å². The SMILES string of the molecule is CCN(CC)Cc1cc(-c2cc(CN(CC)CC)c(O)c(CC(C)(C)Br)c2)cc(CC(C)(C)Br)c1O. The van der Waals surface area contributed by atoms with Gasteiger partial charge in [0.2, 0.25) is 0 Å². The summed E-state index contributed by atoms with van der Waals surface area (Å²) < 4.78 is -0.271. The molecule has 2 rings (SSSR count). The van der Waals surface area contributed by atoms with Crippen LogP contribution in [0.1, 0.15) is 77.6 Å². The van der Waals surface area contributed by atoms with E-state index in [1.54, 1.807) is 0 Å². The summed E-state index contributed by atoms with van der Waals surface area (Å²) in [4.78, 5) is 4.65. The largest absolute Gasteiger partial charge is 0.507 e. The number of phenolic OH excluding ortho intramolecular Hbond substituents is 2. The van der Waals surface area contributed by atoms with Gasteiger partial charge in [-0.3, -0.25) is 9.80 Å². The first-order chi connectivity index (χ1) is 16.7. The maximum Gasteiger partial charge on any atom is 0.123 e. The van der Waals surface area contributed by atoms with Gasteiger partial charge in [0.25, 0.3) is 0 Å². The van der Waals surface area contributed by atoms with Crippen LogP contribution in [0, 0.1) is 0 Å². The van der Waals surface area contributed by atoms with Crippen molar-refractivity contribution in [1.29, 1.82) is 0 Å². The summed E-state index contributed by atoms with van der Waals surface area (Å²) in [5.74, 6) is 0.782. The van der Waals surface area contributed by atoms with E-state index in [2.05, 4.69) is 121 Å². The van der Waals surface area contributed by atoms with Crippen molar-refractivity contribution in [2.24, 2.45) is 0 Å². The third kappa shape index (κ3) is 9.04. The first-order valence-electron chi connectivity index (χ1n) is 13.2. The fraction of sp³-hybridized carbons (Fsp3) is 0.600. The second-order valence-corrected chi connectivity index (χ2v) is 15.3. The molecule has 0 amide bonds. The van der Waals surface area contributed by atoms with Crippen molar-refractivity contribution in [2.45, 2.75) is 90.0 Å². The molecule has 0 atom stereocenters. The van der Waals surface area contributed by atoms with E-state index < -0.39 is 0 Å². The zero-order valence-corrected chi connectivity index (χ0v) is 26.7. The Kier molecular flexibility index (Phi) is 11.4. The summed E-state index contributed by atoms with van der Waals surface area (Å²) in [5.41, 5.74) is 5.94. The third-order valence-corrected chi connectivity index (χ3v) is 7.23. The minimum Gasteiger partial charge on any atom is -0.507 e.